The van der Waals surface area contributed by atoms with E-state index in [4.69, 9.17) is 5.73 Å². The predicted octanol–water partition coefficient (Wildman–Crippen LogP) is 4.22. The number of fused-ring (bicyclic) bond motifs is 1. The molecule has 0 amide bonds. The average molecular weight is 263 g/mol. The lowest BCUT2D eigenvalue weighted by atomic mass is 9.66. The van der Waals surface area contributed by atoms with Crippen LogP contribution < -0.4 is 5.73 Å². The van der Waals surface area contributed by atoms with Crippen LogP contribution in [-0.4, -0.2) is 6.04 Å². The Morgan fingerprint density at radius 1 is 1.17 bits per heavy atom. The van der Waals surface area contributed by atoms with Crippen molar-refractivity contribution in [2.75, 3.05) is 0 Å². The Bertz CT molecular complexity index is 359. The first-order valence-electron chi connectivity index (χ1n) is 7.61. The Balaban J connectivity index is 1.56. The quantitative estimate of drug-likeness (QED) is 0.868. The molecular formula is C16H25NS. The molecule has 4 atom stereocenters. The number of hydrogen-bond acceptors (Lipinski definition) is 2. The highest BCUT2D eigenvalue weighted by Gasteiger charge is 2.34. The van der Waals surface area contributed by atoms with Crippen LogP contribution in [0.3, 0.4) is 0 Å². The smallest absolute Gasteiger partial charge is 0.0116 e. The van der Waals surface area contributed by atoms with E-state index in [-0.39, 0.29) is 0 Å². The van der Waals surface area contributed by atoms with Crippen LogP contribution in [0.4, 0.5) is 0 Å². The van der Waals surface area contributed by atoms with E-state index in [9.17, 15) is 0 Å². The van der Waals surface area contributed by atoms with Gasteiger partial charge in [0.2, 0.25) is 0 Å². The lowest BCUT2D eigenvalue weighted by Crippen LogP contribution is -2.38. The summed E-state index contributed by atoms with van der Waals surface area (Å²) in [5.41, 5.74) is 6.47. The van der Waals surface area contributed by atoms with Crippen molar-refractivity contribution in [1.82, 2.24) is 0 Å². The molecule has 0 spiro atoms. The van der Waals surface area contributed by atoms with Crippen LogP contribution in [0.1, 0.15) is 49.8 Å². The topological polar surface area (TPSA) is 26.0 Å². The first kappa shape index (κ1) is 12.7. The first-order valence-corrected chi connectivity index (χ1v) is 8.49. The highest BCUT2D eigenvalue weighted by Crippen LogP contribution is 2.43. The van der Waals surface area contributed by atoms with E-state index >= 15 is 0 Å². The minimum atomic E-state index is 0.395. The fourth-order valence-corrected chi connectivity index (χ4v) is 4.90. The van der Waals surface area contributed by atoms with Crippen molar-refractivity contribution in [2.24, 2.45) is 23.5 Å². The summed E-state index contributed by atoms with van der Waals surface area (Å²) >= 11 is 1.86. The van der Waals surface area contributed by atoms with Crippen molar-refractivity contribution < 1.29 is 0 Å². The molecule has 1 aromatic heterocycles. The van der Waals surface area contributed by atoms with Gasteiger partial charge < -0.3 is 5.73 Å². The fourth-order valence-electron chi connectivity index (χ4n) is 4.13. The fraction of sp³-hybridized carbons (Fsp3) is 0.750. The number of hydrogen-bond donors (Lipinski definition) is 1. The summed E-state index contributed by atoms with van der Waals surface area (Å²) in [5.74, 6) is 2.84. The molecule has 4 unspecified atom stereocenters. The van der Waals surface area contributed by atoms with Gasteiger partial charge in [-0.05, 0) is 54.9 Å². The third-order valence-electron chi connectivity index (χ3n) is 5.20. The van der Waals surface area contributed by atoms with E-state index in [1.165, 1.54) is 49.8 Å². The minimum Gasteiger partial charge on any atom is -0.327 e. The Morgan fingerprint density at radius 2 is 2.00 bits per heavy atom. The maximum atomic E-state index is 6.47. The first-order chi connectivity index (χ1) is 8.83. The highest BCUT2D eigenvalue weighted by atomic mass is 32.1. The van der Waals surface area contributed by atoms with Gasteiger partial charge in [0.15, 0.2) is 0 Å². The van der Waals surface area contributed by atoms with Crippen molar-refractivity contribution in [3.63, 3.8) is 0 Å². The molecule has 0 saturated heterocycles. The molecule has 2 N–H and O–H groups in total. The highest BCUT2D eigenvalue weighted by molar-refractivity contribution is 7.09. The summed E-state index contributed by atoms with van der Waals surface area (Å²) < 4.78 is 0. The van der Waals surface area contributed by atoms with Crippen LogP contribution >= 0.6 is 11.3 Å². The van der Waals surface area contributed by atoms with E-state index in [0.717, 1.165) is 24.2 Å². The van der Waals surface area contributed by atoms with Gasteiger partial charge in [-0.25, -0.2) is 0 Å². The summed E-state index contributed by atoms with van der Waals surface area (Å²) in [4.78, 5) is 1.47. The van der Waals surface area contributed by atoms with Gasteiger partial charge in [0.1, 0.15) is 0 Å². The summed E-state index contributed by atoms with van der Waals surface area (Å²) in [5, 5.41) is 2.17. The monoisotopic (exact) mass is 263 g/mol. The molecule has 2 aliphatic carbocycles. The van der Waals surface area contributed by atoms with Crippen molar-refractivity contribution in [3.05, 3.63) is 22.4 Å². The van der Waals surface area contributed by atoms with Crippen molar-refractivity contribution in [1.29, 1.82) is 0 Å². The molecule has 2 heteroatoms. The molecule has 0 aromatic carbocycles. The van der Waals surface area contributed by atoms with E-state index in [0.29, 0.717) is 6.04 Å². The molecule has 1 heterocycles. The molecular weight excluding hydrogens is 238 g/mol. The Morgan fingerprint density at radius 3 is 2.78 bits per heavy atom. The van der Waals surface area contributed by atoms with E-state index in [1.807, 2.05) is 11.3 Å². The summed E-state index contributed by atoms with van der Waals surface area (Å²) in [6.07, 6.45) is 11.3. The largest absolute Gasteiger partial charge is 0.327 e. The molecule has 100 valence electrons. The van der Waals surface area contributed by atoms with Crippen LogP contribution in [0.25, 0.3) is 0 Å². The Labute approximate surface area is 115 Å². The predicted molar refractivity (Wildman–Crippen MR) is 78.8 cm³/mol. The second-order valence-corrected chi connectivity index (χ2v) is 7.36. The van der Waals surface area contributed by atoms with Crippen LogP contribution in [0.15, 0.2) is 17.5 Å². The third kappa shape index (κ3) is 2.80. The SMILES string of the molecule is NC(Cc1cccs1)C1CCC2CCCCC2C1. The normalized spacial score (nSPS) is 33.9. The van der Waals surface area contributed by atoms with Crippen molar-refractivity contribution >= 4 is 11.3 Å². The Kier molecular flexibility index (Phi) is 4.05. The number of rotatable bonds is 3. The molecule has 2 saturated carbocycles. The molecule has 0 radical (unpaired) electrons. The molecule has 0 bridgehead atoms. The standard InChI is InChI=1S/C16H25NS/c17-16(11-15-6-3-9-18-15)14-8-7-12-4-1-2-5-13(12)10-14/h3,6,9,12-14,16H,1-2,4-5,7-8,10-11,17H2. The Hall–Kier alpha value is -0.340. The number of nitrogens with two attached hydrogens (primary N) is 1. The van der Waals surface area contributed by atoms with Crippen molar-refractivity contribution in [2.45, 2.75) is 57.4 Å². The third-order valence-corrected chi connectivity index (χ3v) is 6.10. The van der Waals surface area contributed by atoms with Gasteiger partial charge in [0.25, 0.3) is 0 Å². The van der Waals surface area contributed by atoms with Gasteiger partial charge in [-0.2, -0.15) is 0 Å². The van der Waals surface area contributed by atoms with Crippen molar-refractivity contribution in [3.8, 4) is 0 Å². The zero-order valence-corrected chi connectivity index (χ0v) is 12.0. The molecule has 18 heavy (non-hydrogen) atoms. The number of thiophene rings is 1. The van der Waals surface area contributed by atoms with Crippen LogP contribution in [0.2, 0.25) is 0 Å². The summed E-state index contributed by atoms with van der Waals surface area (Å²) in [7, 11) is 0. The second kappa shape index (κ2) is 5.75. The van der Waals surface area contributed by atoms with E-state index in [2.05, 4.69) is 17.5 Å². The van der Waals surface area contributed by atoms with Gasteiger partial charge in [0.05, 0.1) is 0 Å². The van der Waals surface area contributed by atoms with Gasteiger partial charge in [-0.3, -0.25) is 0 Å². The van der Waals surface area contributed by atoms with Gasteiger partial charge >= 0.3 is 0 Å². The molecule has 2 aliphatic rings. The maximum absolute atomic E-state index is 6.47. The van der Waals surface area contributed by atoms with Gasteiger partial charge in [-0.1, -0.05) is 31.7 Å². The lowest BCUT2D eigenvalue weighted by Gasteiger charge is -2.41. The average Bonchev–Trinajstić information content (AvgIpc) is 2.91. The van der Waals surface area contributed by atoms with Gasteiger partial charge in [0, 0.05) is 10.9 Å². The van der Waals surface area contributed by atoms with E-state index in [1.54, 1.807) is 0 Å². The molecule has 1 aromatic rings. The van der Waals surface area contributed by atoms with E-state index < -0.39 is 0 Å². The van der Waals surface area contributed by atoms with Crippen LogP contribution in [0.5, 0.6) is 0 Å². The molecule has 3 rings (SSSR count). The molecule has 0 aliphatic heterocycles. The summed E-state index contributed by atoms with van der Waals surface area (Å²) in [6.45, 7) is 0. The van der Waals surface area contributed by atoms with Gasteiger partial charge in [-0.15, -0.1) is 11.3 Å². The van der Waals surface area contributed by atoms with Crippen LogP contribution in [-0.2, 0) is 6.42 Å². The second-order valence-electron chi connectivity index (χ2n) is 6.33. The zero-order valence-electron chi connectivity index (χ0n) is 11.2. The summed E-state index contributed by atoms with van der Waals surface area (Å²) in [6, 6.07) is 4.77. The zero-order chi connectivity index (χ0) is 12.4. The minimum absolute atomic E-state index is 0.395. The molecule has 1 nitrogen and oxygen atoms in total. The van der Waals surface area contributed by atoms with Crippen LogP contribution in [0, 0.1) is 17.8 Å². The molecule has 2 fully saturated rings. The maximum Gasteiger partial charge on any atom is 0.0116 e. The lowest BCUT2D eigenvalue weighted by molar-refractivity contribution is 0.117.